The molecule has 0 aliphatic carbocycles. The summed E-state index contributed by atoms with van der Waals surface area (Å²) in [6.07, 6.45) is 3.26. The van der Waals surface area contributed by atoms with Crippen molar-refractivity contribution in [2.45, 2.75) is 32.9 Å². The number of carbonyl (C=O) groups excluding carboxylic acids is 1. The summed E-state index contributed by atoms with van der Waals surface area (Å²) in [5, 5.41) is 14.4. The van der Waals surface area contributed by atoms with E-state index in [2.05, 4.69) is 25.8 Å². The summed E-state index contributed by atoms with van der Waals surface area (Å²) >= 11 is 0. The Kier molecular flexibility index (Phi) is 8.01. The number of benzene rings is 1. The van der Waals surface area contributed by atoms with Crippen molar-refractivity contribution >= 4 is 41.5 Å². The lowest BCUT2D eigenvalue weighted by molar-refractivity contribution is -0.117. The van der Waals surface area contributed by atoms with Gasteiger partial charge < -0.3 is 20.1 Å². The predicted octanol–water partition coefficient (Wildman–Crippen LogP) is 1.82. The first-order valence-electron chi connectivity index (χ1n) is 8.91. The van der Waals surface area contributed by atoms with Crippen LogP contribution < -0.4 is 15.5 Å². The normalized spacial score (nSPS) is 14.2. The van der Waals surface area contributed by atoms with Crippen LogP contribution in [-0.4, -0.2) is 39.7 Å². The molecule has 8 nitrogen and oxygen atoms in total. The molecule has 0 bridgehead atoms. The van der Waals surface area contributed by atoms with Gasteiger partial charge in [0.2, 0.25) is 5.91 Å². The van der Waals surface area contributed by atoms with Gasteiger partial charge in [0.15, 0.2) is 11.8 Å². The topological polar surface area (TPSA) is 87.4 Å². The van der Waals surface area contributed by atoms with Gasteiger partial charge in [-0.25, -0.2) is 4.99 Å². The van der Waals surface area contributed by atoms with Gasteiger partial charge in [-0.05, 0) is 31.0 Å². The number of rotatable bonds is 6. The molecule has 1 fully saturated rings. The maximum absolute atomic E-state index is 11.8. The monoisotopic (exact) mass is 483 g/mol. The second kappa shape index (κ2) is 10.2. The molecule has 1 saturated heterocycles. The Hall–Kier alpha value is -2.17. The lowest BCUT2D eigenvalue weighted by atomic mass is 10.2. The first-order chi connectivity index (χ1) is 12.7. The van der Waals surface area contributed by atoms with Crippen LogP contribution in [0.1, 0.15) is 31.2 Å². The van der Waals surface area contributed by atoms with Crippen LogP contribution in [0.4, 0.5) is 5.69 Å². The Labute approximate surface area is 176 Å². The van der Waals surface area contributed by atoms with E-state index in [9.17, 15) is 4.79 Å². The molecule has 0 atom stereocenters. The van der Waals surface area contributed by atoms with Gasteiger partial charge in [-0.15, -0.1) is 34.2 Å². The largest absolute Gasteiger partial charge is 0.357 e. The van der Waals surface area contributed by atoms with Crippen molar-refractivity contribution in [1.82, 2.24) is 25.4 Å². The minimum Gasteiger partial charge on any atom is -0.357 e. The number of nitrogens with one attached hydrogen (secondary N) is 2. The summed E-state index contributed by atoms with van der Waals surface area (Å²) in [7, 11) is 1.91. The molecule has 0 unspecified atom stereocenters. The lowest BCUT2D eigenvalue weighted by Crippen LogP contribution is -2.37. The summed E-state index contributed by atoms with van der Waals surface area (Å²) < 4.78 is 1.87. The van der Waals surface area contributed by atoms with Gasteiger partial charge in [0.1, 0.15) is 6.33 Å². The van der Waals surface area contributed by atoms with Crippen LogP contribution in [0.15, 0.2) is 35.6 Å². The SMILES string of the molecule is CCNC(=NCc1ccc(N2CCCC2=O)cc1)NCc1nncn1C.I. The molecule has 3 rings (SSSR count). The summed E-state index contributed by atoms with van der Waals surface area (Å²) in [5.74, 6) is 1.78. The molecular formula is C18H26IN7O. The van der Waals surface area contributed by atoms with Gasteiger partial charge in [0.05, 0.1) is 13.1 Å². The van der Waals surface area contributed by atoms with Gasteiger partial charge >= 0.3 is 0 Å². The van der Waals surface area contributed by atoms with E-state index in [-0.39, 0.29) is 29.9 Å². The maximum atomic E-state index is 11.8. The molecule has 0 radical (unpaired) electrons. The number of aryl methyl sites for hydroxylation is 1. The standard InChI is InChI=1S/C18H25N7O.HI/c1-3-19-18(21-12-16-23-22-13-24(16)2)20-11-14-6-8-15(9-7-14)25-10-4-5-17(25)26;/h6-9,13H,3-5,10-12H2,1-2H3,(H2,19,20,21);1H. The predicted molar refractivity (Wildman–Crippen MR) is 116 cm³/mol. The van der Waals surface area contributed by atoms with Gasteiger partial charge in [-0.1, -0.05) is 12.1 Å². The van der Waals surface area contributed by atoms with Gasteiger partial charge in [-0.2, -0.15) is 0 Å². The highest BCUT2D eigenvalue weighted by Gasteiger charge is 2.21. The number of anilines is 1. The fourth-order valence-electron chi connectivity index (χ4n) is 2.84. The highest BCUT2D eigenvalue weighted by molar-refractivity contribution is 14.0. The number of hydrogen-bond donors (Lipinski definition) is 2. The van der Waals surface area contributed by atoms with E-state index < -0.39 is 0 Å². The highest BCUT2D eigenvalue weighted by Crippen LogP contribution is 2.21. The van der Waals surface area contributed by atoms with Crippen molar-refractivity contribution < 1.29 is 4.79 Å². The number of nitrogens with zero attached hydrogens (tertiary/aromatic N) is 5. The summed E-state index contributed by atoms with van der Waals surface area (Å²) in [6.45, 7) is 4.73. The van der Waals surface area contributed by atoms with E-state index in [1.807, 2.05) is 47.7 Å². The molecule has 0 spiro atoms. The van der Waals surface area contributed by atoms with Crippen molar-refractivity contribution in [1.29, 1.82) is 0 Å². The Morgan fingerprint density at radius 2 is 2.04 bits per heavy atom. The molecule has 2 N–H and O–H groups in total. The highest BCUT2D eigenvalue weighted by atomic mass is 127. The van der Waals surface area contributed by atoms with Gasteiger partial charge in [0.25, 0.3) is 0 Å². The molecule has 1 aliphatic heterocycles. The Balaban J connectivity index is 0.00000261. The van der Waals surface area contributed by atoms with Crippen LogP contribution >= 0.6 is 24.0 Å². The molecule has 2 heterocycles. The fourth-order valence-corrected chi connectivity index (χ4v) is 2.84. The zero-order valence-corrected chi connectivity index (χ0v) is 18.0. The van der Waals surface area contributed by atoms with Crippen LogP contribution in [0.25, 0.3) is 0 Å². The van der Waals surface area contributed by atoms with Gasteiger partial charge in [0, 0.05) is 32.2 Å². The number of halogens is 1. The third-order valence-electron chi connectivity index (χ3n) is 4.30. The maximum Gasteiger partial charge on any atom is 0.227 e. The third kappa shape index (κ3) is 5.65. The second-order valence-corrected chi connectivity index (χ2v) is 6.22. The fraction of sp³-hybridized carbons (Fsp3) is 0.444. The average molecular weight is 483 g/mol. The molecule has 9 heteroatoms. The zero-order chi connectivity index (χ0) is 18.4. The summed E-state index contributed by atoms with van der Waals surface area (Å²) in [6, 6.07) is 8.04. The lowest BCUT2D eigenvalue weighted by Gasteiger charge is -2.15. The smallest absolute Gasteiger partial charge is 0.227 e. The van der Waals surface area contributed by atoms with Crippen LogP contribution in [0.3, 0.4) is 0 Å². The molecule has 1 amide bonds. The number of hydrogen-bond acceptors (Lipinski definition) is 4. The zero-order valence-electron chi connectivity index (χ0n) is 15.7. The van der Waals surface area contributed by atoms with Crippen molar-refractivity contribution in [2.24, 2.45) is 12.0 Å². The number of aliphatic imine (C=N–C) groups is 1. The first kappa shape index (κ1) is 21.1. The molecule has 2 aromatic rings. The number of guanidine groups is 1. The van der Waals surface area contributed by atoms with Gasteiger partial charge in [-0.3, -0.25) is 4.79 Å². The molecule has 0 saturated carbocycles. The summed E-state index contributed by atoms with van der Waals surface area (Å²) in [4.78, 5) is 18.3. The molecular weight excluding hydrogens is 457 g/mol. The van der Waals surface area contributed by atoms with Crippen molar-refractivity contribution in [3.05, 3.63) is 42.0 Å². The third-order valence-corrected chi connectivity index (χ3v) is 4.30. The van der Waals surface area contributed by atoms with Crippen molar-refractivity contribution in [2.75, 3.05) is 18.0 Å². The van der Waals surface area contributed by atoms with E-state index in [4.69, 9.17) is 0 Å². The van der Waals surface area contributed by atoms with Crippen LogP contribution in [0.2, 0.25) is 0 Å². The quantitative estimate of drug-likeness (QED) is 0.372. The van der Waals surface area contributed by atoms with Crippen molar-refractivity contribution in [3.8, 4) is 0 Å². The van der Waals surface area contributed by atoms with Crippen LogP contribution in [-0.2, 0) is 24.9 Å². The second-order valence-electron chi connectivity index (χ2n) is 6.22. The van der Waals surface area contributed by atoms with E-state index in [1.165, 1.54) is 0 Å². The number of carbonyl (C=O) groups is 1. The van der Waals surface area contributed by atoms with E-state index in [0.717, 1.165) is 42.5 Å². The Bertz CT molecular complexity index is 772. The minimum atomic E-state index is 0. The number of aromatic nitrogens is 3. The molecule has 1 aliphatic rings. The molecule has 1 aromatic carbocycles. The minimum absolute atomic E-state index is 0. The molecule has 146 valence electrons. The first-order valence-corrected chi connectivity index (χ1v) is 8.91. The van der Waals surface area contributed by atoms with E-state index >= 15 is 0 Å². The van der Waals surface area contributed by atoms with E-state index in [1.54, 1.807) is 6.33 Å². The molecule has 1 aromatic heterocycles. The van der Waals surface area contributed by atoms with Crippen LogP contribution in [0.5, 0.6) is 0 Å². The average Bonchev–Trinajstić information content (AvgIpc) is 3.26. The van der Waals surface area contributed by atoms with Crippen molar-refractivity contribution in [3.63, 3.8) is 0 Å². The van der Waals surface area contributed by atoms with Crippen LogP contribution in [0, 0.1) is 0 Å². The Morgan fingerprint density at radius 1 is 1.26 bits per heavy atom. The molecule has 27 heavy (non-hydrogen) atoms. The Morgan fingerprint density at radius 3 is 2.63 bits per heavy atom. The summed E-state index contributed by atoms with van der Waals surface area (Å²) in [5.41, 5.74) is 2.06. The number of amides is 1. The van der Waals surface area contributed by atoms with E-state index in [0.29, 0.717) is 19.5 Å².